The van der Waals surface area contributed by atoms with Crippen LogP contribution in [-0.4, -0.2) is 32.3 Å². The Morgan fingerprint density at radius 2 is 2.00 bits per heavy atom. The van der Waals surface area contributed by atoms with Crippen LogP contribution < -0.4 is 5.32 Å². The summed E-state index contributed by atoms with van der Waals surface area (Å²) in [6.07, 6.45) is 5.36. The number of hydrogen-bond acceptors (Lipinski definition) is 3. The first-order chi connectivity index (χ1) is 10.6. The molecule has 1 fully saturated rings. The van der Waals surface area contributed by atoms with E-state index in [-0.39, 0.29) is 12.3 Å². The summed E-state index contributed by atoms with van der Waals surface area (Å²) in [6.45, 7) is 0. The van der Waals surface area contributed by atoms with Gasteiger partial charge in [-0.3, -0.25) is 4.79 Å². The van der Waals surface area contributed by atoms with E-state index < -0.39 is 11.5 Å². The summed E-state index contributed by atoms with van der Waals surface area (Å²) < 4.78 is 1.69. The number of nitrogens with zero attached hydrogens (tertiary/aromatic N) is 2. The molecule has 1 amide bonds. The summed E-state index contributed by atoms with van der Waals surface area (Å²) in [5.74, 6) is -1.23. The molecule has 2 N–H and O–H groups in total. The predicted molar refractivity (Wildman–Crippen MR) is 79.6 cm³/mol. The van der Waals surface area contributed by atoms with Crippen molar-refractivity contribution < 1.29 is 14.7 Å². The van der Waals surface area contributed by atoms with Crippen LogP contribution in [0.5, 0.6) is 0 Å². The molecule has 6 heteroatoms. The van der Waals surface area contributed by atoms with Gasteiger partial charge in [-0.25, -0.2) is 9.48 Å². The van der Waals surface area contributed by atoms with E-state index >= 15 is 0 Å². The zero-order valence-electron chi connectivity index (χ0n) is 12.0. The van der Waals surface area contributed by atoms with Crippen LogP contribution in [0.4, 0.5) is 0 Å². The van der Waals surface area contributed by atoms with Crippen molar-refractivity contribution in [2.45, 2.75) is 31.2 Å². The highest BCUT2D eigenvalue weighted by molar-refractivity contribution is 5.88. The maximum Gasteiger partial charge on any atom is 0.329 e. The van der Waals surface area contributed by atoms with E-state index in [1.807, 2.05) is 30.3 Å². The maximum atomic E-state index is 12.1. The molecule has 114 valence electrons. The largest absolute Gasteiger partial charge is 0.480 e. The van der Waals surface area contributed by atoms with E-state index in [1.165, 1.54) is 0 Å². The van der Waals surface area contributed by atoms with Crippen LogP contribution in [0.15, 0.2) is 42.7 Å². The van der Waals surface area contributed by atoms with Crippen LogP contribution in [0.3, 0.4) is 0 Å². The second-order valence-corrected chi connectivity index (χ2v) is 5.59. The first-order valence-corrected chi connectivity index (χ1v) is 7.22. The molecule has 0 spiro atoms. The molecular weight excluding hydrogens is 282 g/mol. The van der Waals surface area contributed by atoms with Crippen LogP contribution in [-0.2, 0) is 16.0 Å². The number of benzene rings is 1. The molecule has 1 aromatic heterocycles. The van der Waals surface area contributed by atoms with Crippen molar-refractivity contribution in [1.29, 1.82) is 0 Å². The molecule has 0 saturated heterocycles. The van der Waals surface area contributed by atoms with E-state index in [0.29, 0.717) is 12.8 Å². The number of carbonyl (C=O) groups is 2. The number of nitrogens with one attached hydrogen (secondary N) is 1. The standard InChI is InChI=1S/C16H17N3O3/c20-14(18-16(15(21)22)7-4-8-16)9-12-10-17-19(11-12)13-5-2-1-3-6-13/h1-3,5-6,10-11H,4,7-9H2,(H,18,20)(H,21,22). The van der Waals surface area contributed by atoms with Gasteiger partial charge in [0.05, 0.1) is 18.3 Å². The molecule has 1 heterocycles. The van der Waals surface area contributed by atoms with Gasteiger partial charge in [0.15, 0.2) is 0 Å². The van der Waals surface area contributed by atoms with Gasteiger partial charge in [0.2, 0.25) is 5.91 Å². The second-order valence-electron chi connectivity index (χ2n) is 5.59. The Bertz CT molecular complexity index is 690. The Morgan fingerprint density at radius 1 is 1.27 bits per heavy atom. The summed E-state index contributed by atoms with van der Waals surface area (Å²) >= 11 is 0. The fourth-order valence-corrected chi connectivity index (χ4v) is 2.59. The van der Waals surface area contributed by atoms with Crippen molar-refractivity contribution in [2.24, 2.45) is 0 Å². The molecule has 1 aromatic carbocycles. The topological polar surface area (TPSA) is 84.2 Å². The SMILES string of the molecule is O=C(Cc1cnn(-c2ccccc2)c1)NC1(C(=O)O)CCC1. The number of carboxylic acid groups (broad SMARTS) is 1. The molecule has 22 heavy (non-hydrogen) atoms. The number of hydrogen-bond donors (Lipinski definition) is 2. The highest BCUT2D eigenvalue weighted by atomic mass is 16.4. The molecule has 0 atom stereocenters. The third-order valence-electron chi connectivity index (χ3n) is 4.02. The van der Waals surface area contributed by atoms with Crippen molar-refractivity contribution in [3.05, 3.63) is 48.3 Å². The van der Waals surface area contributed by atoms with Crippen LogP contribution in [0.1, 0.15) is 24.8 Å². The maximum absolute atomic E-state index is 12.1. The lowest BCUT2D eigenvalue weighted by Gasteiger charge is -2.38. The highest BCUT2D eigenvalue weighted by Gasteiger charge is 2.45. The summed E-state index contributed by atoms with van der Waals surface area (Å²) in [5.41, 5.74) is 0.600. The molecule has 0 radical (unpaired) electrons. The van der Waals surface area contributed by atoms with E-state index in [4.69, 9.17) is 0 Å². The van der Waals surface area contributed by atoms with E-state index in [2.05, 4.69) is 10.4 Å². The zero-order valence-corrected chi connectivity index (χ0v) is 12.0. The first kappa shape index (κ1) is 14.3. The van der Waals surface area contributed by atoms with Gasteiger partial charge in [-0.1, -0.05) is 18.2 Å². The minimum Gasteiger partial charge on any atom is -0.480 e. The molecule has 0 unspecified atom stereocenters. The van der Waals surface area contributed by atoms with Crippen LogP contribution >= 0.6 is 0 Å². The van der Waals surface area contributed by atoms with Crippen LogP contribution in [0, 0.1) is 0 Å². The van der Waals surface area contributed by atoms with Crippen molar-refractivity contribution >= 4 is 11.9 Å². The molecular formula is C16H17N3O3. The van der Waals surface area contributed by atoms with Crippen molar-refractivity contribution in [1.82, 2.24) is 15.1 Å². The summed E-state index contributed by atoms with van der Waals surface area (Å²) in [7, 11) is 0. The normalized spacial score (nSPS) is 15.8. The van der Waals surface area contributed by atoms with E-state index in [9.17, 15) is 14.7 Å². The molecule has 1 aliphatic carbocycles. The highest BCUT2D eigenvalue weighted by Crippen LogP contribution is 2.32. The van der Waals surface area contributed by atoms with Gasteiger partial charge in [0, 0.05) is 6.20 Å². The van der Waals surface area contributed by atoms with Crippen LogP contribution in [0.2, 0.25) is 0 Å². The summed E-state index contributed by atoms with van der Waals surface area (Å²) in [4.78, 5) is 23.3. The lowest BCUT2D eigenvalue weighted by Crippen LogP contribution is -2.59. The third kappa shape index (κ3) is 2.72. The molecule has 1 aliphatic rings. The minimum absolute atomic E-state index is 0.127. The average Bonchev–Trinajstić information content (AvgIpc) is 2.92. The fraction of sp³-hybridized carbons (Fsp3) is 0.312. The lowest BCUT2D eigenvalue weighted by atomic mass is 9.76. The number of aromatic nitrogens is 2. The van der Waals surface area contributed by atoms with E-state index in [0.717, 1.165) is 17.7 Å². The Hall–Kier alpha value is -2.63. The zero-order chi connectivity index (χ0) is 15.6. The number of carbonyl (C=O) groups excluding carboxylic acids is 1. The lowest BCUT2D eigenvalue weighted by molar-refractivity contribution is -0.151. The monoisotopic (exact) mass is 299 g/mol. The van der Waals surface area contributed by atoms with E-state index in [1.54, 1.807) is 17.1 Å². The van der Waals surface area contributed by atoms with Crippen molar-refractivity contribution in [3.8, 4) is 5.69 Å². The van der Waals surface area contributed by atoms with Crippen molar-refractivity contribution in [2.75, 3.05) is 0 Å². The quantitative estimate of drug-likeness (QED) is 0.877. The molecule has 6 nitrogen and oxygen atoms in total. The predicted octanol–water partition coefficient (Wildman–Crippen LogP) is 1.54. The summed E-state index contributed by atoms with van der Waals surface area (Å²) in [6, 6.07) is 9.59. The Morgan fingerprint density at radius 3 is 2.59 bits per heavy atom. The first-order valence-electron chi connectivity index (χ1n) is 7.22. The number of para-hydroxylation sites is 1. The van der Waals surface area contributed by atoms with Gasteiger partial charge < -0.3 is 10.4 Å². The molecule has 2 aromatic rings. The Kier molecular flexibility index (Phi) is 3.66. The smallest absolute Gasteiger partial charge is 0.329 e. The molecule has 0 bridgehead atoms. The van der Waals surface area contributed by atoms with Gasteiger partial charge in [-0.2, -0.15) is 5.10 Å². The number of amides is 1. The van der Waals surface area contributed by atoms with Gasteiger partial charge in [-0.15, -0.1) is 0 Å². The van der Waals surface area contributed by atoms with Crippen molar-refractivity contribution in [3.63, 3.8) is 0 Å². The van der Waals surface area contributed by atoms with Crippen LogP contribution in [0.25, 0.3) is 5.69 Å². The fourth-order valence-electron chi connectivity index (χ4n) is 2.59. The van der Waals surface area contributed by atoms with Gasteiger partial charge in [0.25, 0.3) is 0 Å². The Balaban J connectivity index is 1.65. The number of rotatable bonds is 5. The number of aliphatic carboxylic acids is 1. The molecule has 1 saturated carbocycles. The average molecular weight is 299 g/mol. The molecule has 3 rings (SSSR count). The Labute approximate surface area is 127 Å². The number of carboxylic acids is 1. The second kappa shape index (κ2) is 5.63. The third-order valence-corrected chi connectivity index (χ3v) is 4.02. The van der Waals surface area contributed by atoms with Gasteiger partial charge in [-0.05, 0) is 37.0 Å². The minimum atomic E-state index is -1.06. The summed E-state index contributed by atoms with van der Waals surface area (Å²) in [5, 5.41) is 16.1. The van der Waals surface area contributed by atoms with Gasteiger partial charge in [0.1, 0.15) is 5.54 Å². The molecule has 0 aliphatic heterocycles. The van der Waals surface area contributed by atoms with Gasteiger partial charge >= 0.3 is 5.97 Å².